The lowest BCUT2D eigenvalue weighted by atomic mass is 10.1. The fourth-order valence-corrected chi connectivity index (χ4v) is 3.69. The Kier molecular flexibility index (Phi) is 6.35. The number of likely N-dealkylation sites (N-methyl/N-ethyl adjacent to an activating group) is 1. The van der Waals surface area contributed by atoms with Crippen molar-refractivity contribution in [2.45, 2.75) is 45.3 Å². The minimum atomic E-state index is -0.487. The predicted molar refractivity (Wildman–Crippen MR) is 94.6 cm³/mol. The number of urea groups is 1. The zero-order chi connectivity index (χ0) is 17.0. The number of carbonyl (C=O) groups is 2. The van der Waals surface area contributed by atoms with Crippen LogP contribution in [0.5, 0.6) is 0 Å². The van der Waals surface area contributed by atoms with E-state index in [0.29, 0.717) is 11.6 Å². The summed E-state index contributed by atoms with van der Waals surface area (Å²) in [5.74, 6) is 0.650. The lowest BCUT2D eigenvalue weighted by molar-refractivity contribution is -0.126. The van der Waals surface area contributed by atoms with Gasteiger partial charge in [0.25, 0.3) is 5.91 Å². The standard InChI is InChI=1S/C15H23ClN4O2S/c1-4-5-6-9-23-15-17-12-11(20(15)8-7-10(2)16)13(21)18-14(22)19(12)3/h7,11-12H,4-6,8-9H2,1-3H3,(H,18,21,22)/b10-7-. The first-order valence-electron chi connectivity index (χ1n) is 7.82. The van der Waals surface area contributed by atoms with Crippen LogP contribution in [0.4, 0.5) is 4.79 Å². The molecule has 2 aliphatic rings. The van der Waals surface area contributed by atoms with Gasteiger partial charge in [0.1, 0.15) is 0 Å². The molecule has 0 radical (unpaired) electrons. The number of allylic oxidation sites excluding steroid dienone is 1. The Morgan fingerprint density at radius 3 is 2.83 bits per heavy atom. The number of unbranched alkanes of at least 4 members (excludes halogenated alkanes) is 2. The Labute approximate surface area is 146 Å². The number of amides is 3. The Hall–Kier alpha value is -1.21. The summed E-state index contributed by atoms with van der Waals surface area (Å²) in [6.07, 6.45) is 4.83. The van der Waals surface area contributed by atoms with E-state index >= 15 is 0 Å². The van der Waals surface area contributed by atoms with Crippen LogP contribution in [0.3, 0.4) is 0 Å². The van der Waals surface area contributed by atoms with Crippen LogP contribution in [0.25, 0.3) is 0 Å². The van der Waals surface area contributed by atoms with Gasteiger partial charge < -0.3 is 9.80 Å². The number of nitrogens with zero attached hydrogens (tertiary/aromatic N) is 3. The molecule has 0 spiro atoms. The second-order valence-corrected chi connectivity index (χ2v) is 7.33. The van der Waals surface area contributed by atoms with Gasteiger partial charge in [-0.25, -0.2) is 9.79 Å². The van der Waals surface area contributed by atoms with Crippen LogP contribution in [0.2, 0.25) is 0 Å². The van der Waals surface area contributed by atoms with Crippen LogP contribution < -0.4 is 5.32 Å². The van der Waals surface area contributed by atoms with Gasteiger partial charge in [0.2, 0.25) is 0 Å². The molecule has 1 N–H and O–H groups in total. The molecule has 6 nitrogen and oxygen atoms in total. The first-order chi connectivity index (χ1) is 11.0. The zero-order valence-corrected chi connectivity index (χ0v) is 15.3. The van der Waals surface area contributed by atoms with E-state index in [1.807, 2.05) is 11.0 Å². The Morgan fingerprint density at radius 1 is 1.43 bits per heavy atom. The molecule has 2 rings (SSSR count). The highest BCUT2D eigenvalue weighted by Crippen LogP contribution is 2.29. The molecular formula is C15H23ClN4O2S. The summed E-state index contributed by atoms with van der Waals surface area (Å²) in [5.41, 5.74) is 0. The van der Waals surface area contributed by atoms with Gasteiger partial charge in [0.15, 0.2) is 17.4 Å². The van der Waals surface area contributed by atoms with E-state index in [4.69, 9.17) is 11.6 Å². The first kappa shape index (κ1) is 18.1. The van der Waals surface area contributed by atoms with Crippen molar-refractivity contribution >= 4 is 40.5 Å². The number of hydrogen-bond donors (Lipinski definition) is 1. The van der Waals surface area contributed by atoms with E-state index < -0.39 is 18.2 Å². The van der Waals surface area contributed by atoms with Gasteiger partial charge in [-0.2, -0.15) is 0 Å². The van der Waals surface area contributed by atoms with E-state index in [0.717, 1.165) is 23.8 Å². The van der Waals surface area contributed by atoms with E-state index in [9.17, 15) is 9.59 Å². The molecule has 0 aliphatic carbocycles. The number of carbonyl (C=O) groups excluding carboxylic acids is 2. The third kappa shape index (κ3) is 4.20. The van der Waals surface area contributed by atoms with E-state index in [2.05, 4.69) is 17.2 Å². The van der Waals surface area contributed by atoms with Crippen molar-refractivity contribution in [3.05, 3.63) is 11.1 Å². The monoisotopic (exact) mass is 358 g/mol. The summed E-state index contributed by atoms with van der Waals surface area (Å²) in [7, 11) is 1.66. The topological polar surface area (TPSA) is 65.0 Å². The minimum Gasteiger partial charge on any atom is -0.332 e. The maximum Gasteiger partial charge on any atom is 0.325 e. The van der Waals surface area contributed by atoms with E-state index in [-0.39, 0.29) is 5.91 Å². The molecule has 0 aromatic heterocycles. The number of halogens is 1. The van der Waals surface area contributed by atoms with Gasteiger partial charge in [-0.3, -0.25) is 10.1 Å². The highest BCUT2D eigenvalue weighted by atomic mass is 35.5. The van der Waals surface area contributed by atoms with Crippen molar-refractivity contribution < 1.29 is 9.59 Å². The predicted octanol–water partition coefficient (Wildman–Crippen LogP) is 2.60. The van der Waals surface area contributed by atoms with Crippen LogP contribution in [0.15, 0.2) is 16.1 Å². The van der Waals surface area contributed by atoms with E-state index in [1.165, 1.54) is 11.3 Å². The molecule has 0 saturated carbocycles. The smallest absolute Gasteiger partial charge is 0.325 e. The van der Waals surface area contributed by atoms with Gasteiger partial charge in [-0.05, 0) is 13.3 Å². The summed E-state index contributed by atoms with van der Waals surface area (Å²) in [5, 5.41) is 3.86. The van der Waals surface area contributed by atoms with Gasteiger partial charge in [-0.1, -0.05) is 49.2 Å². The number of amidine groups is 1. The van der Waals surface area contributed by atoms with Crippen LogP contribution in [0.1, 0.15) is 33.1 Å². The average molecular weight is 359 g/mol. The third-order valence-corrected chi connectivity index (χ3v) is 5.12. The molecule has 3 amide bonds. The summed E-state index contributed by atoms with van der Waals surface area (Å²) in [6.45, 7) is 4.47. The molecule has 2 unspecified atom stereocenters. The third-order valence-electron chi connectivity index (χ3n) is 3.87. The number of aliphatic imine (C=N–C) groups is 1. The quantitative estimate of drug-likeness (QED) is 0.741. The lowest BCUT2D eigenvalue weighted by Crippen LogP contribution is -2.63. The molecule has 8 heteroatoms. The lowest BCUT2D eigenvalue weighted by Gasteiger charge is -2.35. The van der Waals surface area contributed by atoms with Gasteiger partial charge >= 0.3 is 6.03 Å². The summed E-state index contributed by atoms with van der Waals surface area (Å²) < 4.78 is 0. The molecule has 1 saturated heterocycles. The second kappa shape index (κ2) is 8.06. The molecule has 0 aromatic carbocycles. The number of imide groups is 1. The average Bonchev–Trinajstić information content (AvgIpc) is 2.86. The minimum absolute atomic E-state index is 0.299. The van der Waals surface area contributed by atoms with Crippen molar-refractivity contribution in [3.8, 4) is 0 Å². The summed E-state index contributed by atoms with van der Waals surface area (Å²) in [6, 6.07) is -0.889. The van der Waals surface area contributed by atoms with Crippen LogP contribution in [-0.2, 0) is 4.79 Å². The Balaban J connectivity index is 2.16. The van der Waals surface area contributed by atoms with Crippen LogP contribution in [0, 0.1) is 0 Å². The van der Waals surface area contributed by atoms with Crippen molar-refractivity contribution in [2.75, 3.05) is 19.3 Å². The number of fused-ring (bicyclic) bond motifs is 1. The Bertz CT molecular complexity index is 534. The molecule has 2 atom stereocenters. The Morgan fingerprint density at radius 2 is 2.17 bits per heavy atom. The molecule has 2 heterocycles. The fraction of sp³-hybridized carbons (Fsp3) is 0.667. The second-order valence-electron chi connectivity index (χ2n) is 5.67. The first-order valence-corrected chi connectivity index (χ1v) is 9.19. The fourth-order valence-electron chi connectivity index (χ4n) is 2.55. The molecule has 128 valence electrons. The maximum absolute atomic E-state index is 12.3. The SMILES string of the molecule is CCCCCSC1=NC2C(C(=O)NC(=O)N2C)N1C/C=C(/C)Cl. The molecule has 2 aliphatic heterocycles. The number of thioether (sulfide) groups is 1. The molecule has 0 aromatic rings. The van der Waals surface area contributed by atoms with Crippen molar-refractivity contribution in [1.82, 2.24) is 15.1 Å². The number of nitrogens with one attached hydrogen (secondary N) is 1. The van der Waals surface area contributed by atoms with Crippen molar-refractivity contribution in [1.29, 1.82) is 0 Å². The van der Waals surface area contributed by atoms with Crippen LogP contribution >= 0.6 is 23.4 Å². The van der Waals surface area contributed by atoms with Gasteiger partial charge in [0.05, 0.1) is 0 Å². The van der Waals surface area contributed by atoms with Gasteiger partial charge in [0, 0.05) is 24.4 Å². The zero-order valence-electron chi connectivity index (χ0n) is 13.7. The maximum atomic E-state index is 12.3. The molecule has 23 heavy (non-hydrogen) atoms. The van der Waals surface area contributed by atoms with Crippen LogP contribution in [-0.4, -0.2) is 58.5 Å². The van der Waals surface area contributed by atoms with E-state index in [1.54, 1.807) is 25.7 Å². The van der Waals surface area contributed by atoms with Crippen molar-refractivity contribution in [2.24, 2.45) is 4.99 Å². The molecular weight excluding hydrogens is 336 g/mol. The largest absolute Gasteiger partial charge is 0.332 e. The highest BCUT2D eigenvalue weighted by Gasteiger charge is 2.48. The summed E-state index contributed by atoms with van der Waals surface area (Å²) in [4.78, 5) is 32.1. The number of rotatable bonds is 6. The summed E-state index contributed by atoms with van der Waals surface area (Å²) >= 11 is 7.58. The normalized spacial score (nSPS) is 24.7. The number of hydrogen-bond acceptors (Lipinski definition) is 5. The van der Waals surface area contributed by atoms with Gasteiger partial charge in [-0.15, -0.1) is 0 Å². The van der Waals surface area contributed by atoms with Crippen molar-refractivity contribution in [3.63, 3.8) is 0 Å². The molecule has 1 fully saturated rings. The highest BCUT2D eigenvalue weighted by molar-refractivity contribution is 8.13. The molecule has 0 bridgehead atoms.